The van der Waals surface area contributed by atoms with Crippen molar-refractivity contribution in [3.8, 4) is 11.5 Å². The summed E-state index contributed by atoms with van der Waals surface area (Å²) in [5.41, 5.74) is 2.42. The van der Waals surface area contributed by atoms with Crippen molar-refractivity contribution in [1.82, 2.24) is 19.7 Å². The topological polar surface area (TPSA) is 98.6 Å². The van der Waals surface area contributed by atoms with Gasteiger partial charge in [0.1, 0.15) is 0 Å². The predicted molar refractivity (Wildman–Crippen MR) is 124 cm³/mol. The number of amides is 2. The molecule has 4 rings (SSSR count). The summed E-state index contributed by atoms with van der Waals surface area (Å²) in [6.45, 7) is 5.02. The van der Waals surface area contributed by atoms with Crippen molar-refractivity contribution in [3.05, 3.63) is 42.2 Å². The van der Waals surface area contributed by atoms with Crippen LogP contribution in [-0.2, 0) is 16.0 Å². The Morgan fingerprint density at radius 2 is 1.97 bits per heavy atom. The average molecular weight is 452 g/mol. The highest BCUT2D eigenvalue weighted by atomic mass is 16.5. The predicted octanol–water partition coefficient (Wildman–Crippen LogP) is 3.06. The summed E-state index contributed by atoms with van der Waals surface area (Å²) >= 11 is 0. The molecule has 3 aromatic rings. The maximum atomic E-state index is 12.8. The van der Waals surface area contributed by atoms with Gasteiger partial charge in [-0.2, -0.15) is 5.10 Å². The molecule has 1 unspecified atom stereocenters. The number of likely N-dealkylation sites (tertiary alicyclic amines) is 1. The number of nitrogens with one attached hydrogen (secondary N) is 1. The number of carbonyl (C=O) groups excluding carboxylic acids is 2. The molecular formula is C24H29N5O4. The second-order valence-corrected chi connectivity index (χ2v) is 8.49. The number of rotatable bonds is 8. The number of hydrogen-bond acceptors (Lipinski definition) is 6. The summed E-state index contributed by atoms with van der Waals surface area (Å²) in [4.78, 5) is 31.5. The van der Waals surface area contributed by atoms with Crippen LogP contribution in [0.1, 0.15) is 31.9 Å². The highest BCUT2D eigenvalue weighted by Gasteiger charge is 2.34. The highest BCUT2D eigenvalue weighted by molar-refractivity contribution is 5.98. The van der Waals surface area contributed by atoms with Crippen molar-refractivity contribution in [1.29, 1.82) is 0 Å². The standard InChI is InChI=1S/C24H29N5O4/c1-15(2)29-23-17(12-26-29)10-19(13-25-23)27-24(31)18-11-22(30)28(14-18)8-7-16-5-6-20(32-3)21(9-16)33-4/h5-6,9-10,12-13,15,18H,7-8,11,14H2,1-4H3,(H,27,31). The van der Waals surface area contributed by atoms with Gasteiger partial charge in [0.15, 0.2) is 17.1 Å². The molecule has 1 atom stereocenters. The molecule has 0 bridgehead atoms. The van der Waals surface area contributed by atoms with Crippen LogP contribution >= 0.6 is 0 Å². The number of anilines is 1. The van der Waals surface area contributed by atoms with Crippen LogP contribution in [0, 0.1) is 5.92 Å². The number of nitrogens with zero attached hydrogens (tertiary/aromatic N) is 4. The second-order valence-electron chi connectivity index (χ2n) is 8.49. The molecule has 9 heteroatoms. The number of hydrogen-bond donors (Lipinski definition) is 1. The van der Waals surface area contributed by atoms with Gasteiger partial charge in [0, 0.05) is 30.9 Å². The Kier molecular flexibility index (Phi) is 6.48. The normalized spacial score (nSPS) is 16.0. The van der Waals surface area contributed by atoms with E-state index in [4.69, 9.17) is 9.47 Å². The van der Waals surface area contributed by atoms with E-state index in [0.717, 1.165) is 16.6 Å². The van der Waals surface area contributed by atoms with Gasteiger partial charge in [0.25, 0.3) is 0 Å². The number of benzene rings is 1. The summed E-state index contributed by atoms with van der Waals surface area (Å²) in [5, 5.41) is 8.12. The van der Waals surface area contributed by atoms with E-state index in [1.54, 1.807) is 31.5 Å². The first-order valence-corrected chi connectivity index (χ1v) is 11.0. The molecule has 174 valence electrons. The first-order valence-electron chi connectivity index (χ1n) is 11.0. The van der Waals surface area contributed by atoms with Crippen LogP contribution < -0.4 is 14.8 Å². The van der Waals surface area contributed by atoms with Gasteiger partial charge in [0.2, 0.25) is 11.8 Å². The third-order valence-corrected chi connectivity index (χ3v) is 5.89. The maximum absolute atomic E-state index is 12.8. The molecule has 2 aromatic heterocycles. The van der Waals surface area contributed by atoms with E-state index in [1.807, 2.05) is 42.8 Å². The average Bonchev–Trinajstić information content (AvgIpc) is 3.40. The molecule has 2 amide bonds. The van der Waals surface area contributed by atoms with Crippen molar-refractivity contribution in [3.63, 3.8) is 0 Å². The quantitative estimate of drug-likeness (QED) is 0.565. The Morgan fingerprint density at radius 1 is 1.18 bits per heavy atom. The van der Waals surface area contributed by atoms with Crippen molar-refractivity contribution < 1.29 is 19.1 Å². The number of pyridine rings is 1. The SMILES string of the molecule is COc1ccc(CCN2CC(C(=O)Nc3cnc4c(cnn4C(C)C)c3)CC2=O)cc1OC. The number of carbonyl (C=O) groups is 2. The van der Waals surface area contributed by atoms with Gasteiger partial charge in [-0.3, -0.25) is 9.59 Å². The zero-order valence-electron chi connectivity index (χ0n) is 19.4. The number of methoxy groups -OCH3 is 2. The lowest BCUT2D eigenvalue weighted by atomic mass is 10.1. The molecule has 1 aliphatic heterocycles. The van der Waals surface area contributed by atoms with E-state index in [-0.39, 0.29) is 24.3 Å². The van der Waals surface area contributed by atoms with Crippen molar-refractivity contribution in [2.24, 2.45) is 5.92 Å². The second kappa shape index (κ2) is 9.48. The zero-order valence-corrected chi connectivity index (χ0v) is 19.4. The van der Waals surface area contributed by atoms with Gasteiger partial charge in [-0.25, -0.2) is 9.67 Å². The summed E-state index contributed by atoms with van der Waals surface area (Å²) in [7, 11) is 3.19. The molecule has 1 saturated heterocycles. The molecule has 1 aromatic carbocycles. The first-order chi connectivity index (χ1) is 15.9. The van der Waals surface area contributed by atoms with Gasteiger partial charge in [-0.05, 0) is 44.0 Å². The van der Waals surface area contributed by atoms with E-state index in [2.05, 4.69) is 15.4 Å². The van der Waals surface area contributed by atoms with Crippen LogP contribution in [0.25, 0.3) is 11.0 Å². The Balaban J connectivity index is 1.36. The third kappa shape index (κ3) is 4.76. The van der Waals surface area contributed by atoms with Crippen LogP contribution in [0.4, 0.5) is 5.69 Å². The van der Waals surface area contributed by atoms with Crippen molar-refractivity contribution >= 4 is 28.5 Å². The van der Waals surface area contributed by atoms with Gasteiger partial charge < -0.3 is 19.7 Å². The fourth-order valence-corrected chi connectivity index (χ4v) is 4.09. The highest BCUT2D eigenvalue weighted by Crippen LogP contribution is 2.28. The van der Waals surface area contributed by atoms with Crippen LogP contribution in [-0.4, -0.2) is 58.8 Å². The zero-order chi connectivity index (χ0) is 23.5. The Hall–Kier alpha value is -3.62. The molecule has 3 heterocycles. The van der Waals surface area contributed by atoms with E-state index in [1.165, 1.54) is 0 Å². The van der Waals surface area contributed by atoms with Crippen LogP contribution in [0.2, 0.25) is 0 Å². The Morgan fingerprint density at radius 3 is 2.70 bits per heavy atom. The van der Waals surface area contributed by atoms with Crippen LogP contribution in [0.5, 0.6) is 11.5 Å². The van der Waals surface area contributed by atoms with Crippen molar-refractivity contribution in [2.75, 3.05) is 32.6 Å². The summed E-state index contributed by atoms with van der Waals surface area (Å²) in [6.07, 6.45) is 4.25. The lowest BCUT2D eigenvalue weighted by Gasteiger charge is -2.17. The third-order valence-electron chi connectivity index (χ3n) is 5.89. The molecule has 1 fully saturated rings. The smallest absolute Gasteiger partial charge is 0.229 e. The Labute approximate surface area is 192 Å². The molecule has 1 N–H and O–H groups in total. The van der Waals surface area contributed by atoms with Gasteiger partial charge in [-0.1, -0.05) is 6.07 Å². The number of ether oxygens (including phenoxy) is 2. The molecule has 33 heavy (non-hydrogen) atoms. The molecule has 1 aliphatic rings. The minimum Gasteiger partial charge on any atom is -0.493 e. The minimum absolute atomic E-state index is 0.0117. The molecule has 0 spiro atoms. The summed E-state index contributed by atoms with van der Waals surface area (Å²) in [6, 6.07) is 7.78. The Bertz CT molecular complexity index is 1170. The summed E-state index contributed by atoms with van der Waals surface area (Å²) in [5.74, 6) is 0.748. The largest absolute Gasteiger partial charge is 0.493 e. The van der Waals surface area contributed by atoms with Crippen molar-refractivity contribution in [2.45, 2.75) is 32.7 Å². The molecular weight excluding hydrogens is 422 g/mol. The number of aromatic nitrogens is 3. The molecule has 0 saturated carbocycles. The van der Waals surface area contributed by atoms with Gasteiger partial charge in [-0.15, -0.1) is 0 Å². The monoisotopic (exact) mass is 451 g/mol. The van der Waals surface area contributed by atoms with Gasteiger partial charge >= 0.3 is 0 Å². The first kappa shape index (κ1) is 22.6. The van der Waals surface area contributed by atoms with Crippen LogP contribution in [0.15, 0.2) is 36.7 Å². The van der Waals surface area contributed by atoms with E-state index >= 15 is 0 Å². The van der Waals surface area contributed by atoms with E-state index < -0.39 is 5.92 Å². The summed E-state index contributed by atoms with van der Waals surface area (Å²) < 4.78 is 12.5. The van der Waals surface area contributed by atoms with Crippen LogP contribution in [0.3, 0.4) is 0 Å². The fraction of sp³-hybridized carbons (Fsp3) is 0.417. The minimum atomic E-state index is -0.392. The fourth-order valence-electron chi connectivity index (χ4n) is 4.09. The lowest BCUT2D eigenvalue weighted by Crippen LogP contribution is -2.30. The maximum Gasteiger partial charge on any atom is 0.229 e. The van der Waals surface area contributed by atoms with E-state index in [0.29, 0.717) is 36.7 Å². The number of fused-ring (bicyclic) bond motifs is 1. The molecule has 9 nitrogen and oxygen atoms in total. The molecule has 0 radical (unpaired) electrons. The molecule has 0 aliphatic carbocycles. The van der Waals surface area contributed by atoms with Gasteiger partial charge in [0.05, 0.1) is 38.2 Å². The lowest BCUT2D eigenvalue weighted by molar-refractivity contribution is -0.128. The van der Waals surface area contributed by atoms with E-state index in [9.17, 15) is 9.59 Å².